The maximum atomic E-state index is 12.8. The van der Waals surface area contributed by atoms with E-state index in [0.29, 0.717) is 12.5 Å². The maximum absolute atomic E-state index is 12.8. The Bertz CT molecular complexity index is 304. The van der Waals surface area contributed by atoms with E-state index in [2.05, 4.69) is 0 Å². The van der Waals surface area contributed by atoms with Crippen molar-refractivity contribution in [3.63, 3.8) is 0 Å². The normalized spacial score (nSPS) is 26.1. The summed E-state index contributed by atoms with van der Waals surface area (Å²) in [6.45, 7) is 0.600. The fraction of sp³-hybridized carbons (Fsp3) is 0.400. The molecule has 0 radical (unpaired) electrons. The molecule has 2 rings (SSSR count). The maximum Gasteiger partial charge on any atom is 0.126 e. The Labute approximate surface area is 75.6 Å². The number of nitrogens with two attached hydrogens (primary N) is 1. The van der Waals surface area contributed by atoms with Crippen LogP contribution in [0.1, 0.15) is 17.9 Å². The Morgan fingerprint density at radius 2 is 1.85 bits per heavy atom. The average Bonchev–Trinajstić information content (AvgIpc) is 2.80. The molecule has 0 unspecified atom stereocenters. The molecule has 0 bridgehead atoms. The zero-order chi connectivity index (χ0) is 9.42. The lowest BCUT2D eigenvalue weighted by molar-refractivity contribution is 0.579. The van der Waals surface area contributed by atoms with Gasteiger partial charge in [-0.1, -0.05) is 0 Å². The van der Waals surface area contributed by atoms with Crippen molar-refractivity contribution in [2.24, 2.45) is 11.7 Å². The molecule has 0 heterocycles. The van der Waals surface area contributed by atoms with Gasteiger partial charge in [0.25, 0.3) is 0 Å². The quantitative estimate of drug-likeness (QED) is 0.745. The van der Waals surface area contributed by atoms with Crippen LogP contribution in [0, 0.1) is 17.6 Å². The van der Waals surface area contributed by atoms with Gasteiger partial charge in [0.1, 0.15) is 11.6 Å². The molecule has 0 saturated heterocycles. The first-order chi connectivity index (χ1) is 6.20. The molecule has 0 amide bonds. The summed E-state index contributed by atoms with van der Waals surface area (Å²) in [7, 11) is 0. The molecule has 1 fully saturated rings. The van der Waals surface area contributed by atoms with Crippen LogP contribution in [-0.4, -0.2) is 6.54 Å². The van der Waals surface area contributed by atoms with Crippen LogP contribution in [0.5, 0.6) is 0 Å². The van der Waals surface area contributed by atoms with Gasteiger partial charge in [0.05, 0.1) is 0 Å². The minimum Gasteiger partial charge on any atom is -0.330 e. The monoisotopic (exact) mass is 183 g/mol. The third-order valence-electron chi connectivity index (χ3n) is 2.54. The molecule has 1 aliphatic carbocycles. The number of benzene rings is 1. The standard InChI is InChI=1S/C10H11F2N/c11-8-1-6(2-9(12)4-8)10-3-7(10)5-13/h1-2,4,7,10H,3,5,13H2/t7-,10-/m0/s1. The van der Waals surface area contributed by atoms with E-state index in [9.17, 15) is 8.78 Å². The van der Waals surface area contributed by atoms with E-state index in [1.165, 1.54) is 12.1 Å². The summed E-state index contributed by atoms with van der Waals surface area (Å²) in [5.74, 6) is -0.313. The van der Waals surface area contributed by atoms with Gasteiger partial charge in [0.15, 0.2) is 0 Å². The minimum absolute atomic E-state index is 0.273. The molecule has 13 heavy (non-hydrogen) atoms. The highest BCUT2D eigenvalue weighted by molar-refractivity contribution is 5.27. The minimum atomic E-state index is -0.502. The highest BCUT2D eigenvalue weighted by Gasteiger charge is 2.37. The lowest BCUT2D eigenvalue weighted by Crippen LogP contribution is -2.02. The fourth-order valence-corrected chi connectivity index (χ4v) is 1.71. The van der Waals surface area contributed by atoms with Crippen molar-refractivity contribution >= 4 is 0 Å². The van der Waals surface area contributed by atoms with E-state index in [0.717, 1.165) is 18.1 Å². The summed E-state index contributed by atoms with van der Waals surface area (Å²) >= 11 is 0. The molecular weight excluding hydrogens is 172 g/mol. The van der Waals surface area contributed by atoms with Gasteiger partial charge >= 0.3 is 0 Å². The van der Waals surface area contributed by atoms with Crippen LogP contribution >= 0.6 is 0 Å². The van der Waals surface area contributed by atoms with Gasteiger partial charge < -0.3 is 5.73 Å². The first kappa shape index (κ1) is 8.63. The average molecular weight is 183 g/mol. The molecule has 1 aromatic carbocycles. The van der Waals surface area contributed by atoms with Gasteiger partial charge in [0, 0.05) is 6.07 Å². The first-order valence-corrected chi connectivity index (χ1v) is 4.37. The Kier molecular flexibility index (Phi) is 2.04. The van der Waals surface area contributed by atoms with E-state index < -0.39 is 11.6 Å². The van der Waals surface area contributed by atoms with Crippen LogP contribution in [0.4, 0.5) is 8.78 Å². The first-order valence-electron chi connectivity index (χ1n) is 4.37. The van der Waals surface area contributed by atoms with Gasteiger partial charge in [-0.15, -0.1) is 0 Å². The third kappa shape index (κ3) is 1.70. The van der Waals surface area contributed by atoms with Crippen molar-refractivity contribution in [2.45, 2.75) is 12.3 Å². The predicted molar refractivity (Wildman–Crippen MR) is 46.3 cm³/mol. The second-order valence-corrected chi connectivity index (χ2v) is 3.54. The van der Waals surface area contributed by atoms with Gasteiger partial charge in [-0.05, 0) is 42.5 Å². The van der Waals surface area contributed by atoms with E-state index in [-0.39, 0.29) is 5.92 Å². The van der Waals surface area contributed by atoms with E-state index >= 15 is 0 Å². The molecule has 2 N–H and O–H groups in total. The van der Waals surface area contributed by atoms with Gasteiger partial charge in [-0.2, -0.15) is 0 Å². The summed E-state index contributed by atoms with van der Waals surface area (Å²) in [6.07, 6.45) is 0.958. The highest BCUT2D eigenvalue weighted by atomic mass is 19.1. The van der Waals surface area contributed by atoms with E-state index in [1.54, 1.807) is 0 Å². The number of hydrogen-bond donors (Lipinski definition) is 1. The Morgan fingerprint density at radius 3 is 2.31 bits per heavy atom. The summed E-state index contributed by atoms with van der Waals surface area (Å²) in [4.78, 5) is 0. The molecule has 2 atom stereocenters. The molecule has 70 valence electrons. The van der Waals surface area contributed by atoms with Crippen LogP contribution in [0.3, 0.4) is 0 Å². The second-order valence-electron chi connectivity index (χ2n) is 3.54. The number of hydrogen-bond acceptors (Lipinski definition) is 1. The zero-order valence-corrected chi connectivity index (χ0v) is 7.13. The van der Waals surface area contributed by atoms with Crippen molar-refractivity contribution in [3.8, 4) is 0 Å². The lowest BCUT2D eigenvalue weighted by atomic mass is 10.1. The summed E-state index contributed by atoms with van der Waals surface area (Å²) in [5.41, 5.74) is 6.19. The Morgan fingerprint density at radius 1 is 1.23 bits per heavy atom. The Hall–Kier alpha value is -0.960. The number of halogens is 2. The smallest absolute Gasteiger partial charge is 0.126 e. The molecule has 0 aliphatic heterocycles. The van der Waals surface area contributed by atoms with Crippen molar-refractivity contribution in [3.05, 3.63) is 35.4 Å². The van der Waals surface area contributed by atoms with Crippen molar-refractivity contribution in [1.29, 1.82) is 0 Å². The third-order valence-corrected chi connectivity index (χ3v) is 2.54. The second kappa shape index (κ2) is 3.07. The molecule has 1 aliphatic rings. The van der Waals surface area contributed by atoms with Gasteiger partial charge in [-0.3, -0.25) is 0 Å². The van der Waals surface area contributed by atoms with E-state index in [4.69, 9.17) is 5.73 Å². The largest absolute Gasteiger partial charge is 0.330 e. The Balaban J connectivity index is 2.22. The van der Waals surface area contributed by atoms with Crippen LogP contribution in [0.15, 0.2) is 18.2 Å². The van der Waals surface area contributed by atoms with Crippen molar-refractivity contribution in [2.75, 3.05) is 6.54 Å². The van der Waals surface area contributed by atoms with Crippen molar-refractivity contribution in [1.82, 2.24) is 0 Å². The SMILES string of the molecule is NC[C@@H]1C[C@H]1c1cc(F)cc(F)c1. The summed E-state index contributed by atoms with van der Waals surface area (Å²) in [6, 6.07) is 3.68. The molecule has 0 spiro atoms. The van der Waals surface area contributed by atoms with Crippen LogP contribution in [-0.2, 0) is 0 Å². The molecule has 1 nitrogen and oxygen atoms in total. The molecule has 0 aromatic heterocycles. The predicted octanol–water partition coefficient (Wildman–Crippen LogP) is 2.03. The van der Waals surface area contributed by atoms with E-state index in [1.807, 2.05) is 0 Å². The van der Waals surface area contributed by atoms with Crippen LogP contribution in [0.2, 0.25) is 0 Å². The van der Waals surface area contributed by atoms with Crippen LogP contribution < -0.4 is 5.73 Å². The molecule has 1 saturated carbocycles. The lowest BCUT2D eigenvalue weighted by Gasteiger charge is -1.99. The highest BCUT2D eigenvalue weighted by Crippen LogP contribution is 2.46. The molecule has 1 aromatic rings. The topological polar surface area (TPSA) is 26.0 Å². The number of rotatable bonds is 2. The van der Waals surface area contributed by atoms with Crippen molar-refractivity contribution < 1.29 is 8.78 Å². The van der Waals surface area contributed by atoms with Gasteiger partial charge in [0.2, 0.25) is 0 Å². The molecule has 3 heteroatoms. The van der Waals surface area contributed by atoms with Gasteiger partial charge in [-0.25, -0.2) is 8.78 Å². The summed E-state index contributed by atoms with van der Waals surface area (Å²) < 4.78 is 25.6. The zero-order valence-electron chi connectivity index (χ0n) is 7.13. The summed E-state index contributed by atoms with van der Waals surface area (Å²) in [5, 5.41) is 0. The van der Waals surface area contributed by atoms with Crippen LogP contribution in [0.25, 0.3) is 0 Å². The fourth-order valence-electron chi connectivity index (χ4n) is 1.71. The molecular formula is C10H11F2N.